The van der Waals surface area contributed by atoms with E-state index < -0.39 is 16.0 Å². The summed E-state index contributed by atoms with van der Waals surface area (Å²) in [4.78, 5) is 11.5. The Balaban J connectivity index is 1.44. The first-order valence-electron chi connectivity index (χ1n) is 10.7. The molecule has 1 saturated carbocycles. The SMILES string of the molecule is CC(C)Oc1ccc(S(=O)(=O)N2C[C@H](n3nc(CC(=O)O)c4ccccc43)[C@H]3C[C@H]32)cc1. The molecule has 168 valence electrons. The molecule has 1 aliphatic heterocycles. The Labute approximate surface area is 186 Å². The lowest BCUT2D eigenvalue weighted by Crippen LogP contribution is -2.33. The summed E-state index contributed by atoms with van der Waals surface area (Å²) >= 11 is 0. The topological polar surface area (TPSA) is 102 Å². The van der Waals surface area contributed by atoms with Gasteiger partial charge in [0.15, 0.2) is 0 Å². The maximum Gasteiger partial charge on any atom is 0.309 e. The zero-order valence-electron chi connectivity index (χ0n) is 17.9. The molecule has 1 saturated heterocycles. The van der Waals surface area contributed by atoms with E-state index in [-0.39, 0.29) is 35.4 Å². The quantitative estimate of drug-likeness (QED) is 0.588. The highest BCUT2D eigenvalue weighted by Crippen LogP contribution is 2.53. The molecule has 0 bridgehead atoms. The number of para-hydroxylation sites is 1. The van der Waals surface area contributed by atoms with Crippen LogP contribution in [0.1, 0.15) is 32.0 Å². The second-order valence-corrected chi connectivity index (χ2v) is 10.6. The van der Waals surface area contributed by atoms with Gasteiger partial charge in [-0.2, -0.15) is 9.40 Å². The van der Waals surface area contributed by atoms with Crippen LogP contribution in [0.3, 0.4) is 0 Å². The predicted octanol–water partition coefficient (Wildman–Crippen LogP) is 3.08. The molecule has 32 heavy (non-hydrogen) atoms. The van der Waals surface area contributed by atoms with E-state index in [2.05, 4.69) is 5.10 Å². The van der Waals surface area contributed by atoms with Gasteiger partial charge in [-0.15, -0.1) is 0 Å². The standard InChI is InChI=1S/C23H25N3O5S/c1-14(2)31-15-7-9-16(10-8-15)32(29,30)25-13-22(18-11-21(18)25)26-20-6-4-3-5-17(20)19(24-26)12-23(27)28/h3-10,14,18,21-22H,11-13H2,1-2H3,(H,27,28)/t18-,21+,22-/m0/s1. The van der Waals surface area contributed by atoms with Crippen LogP contribution in [0.4, 0.5) is 0 Å². The van der Waals surface area contributed by atoms with Gasteiger partial charge < -0.3 is 9.84 Å². The fourth-order valence-electron chi connectivity index (χ4n) is 4.71. The van der Waals surface area contributed by atoms with Gasteiger partial charge in [-0.05, 0) is 50.6 Å². The summed E-state index contributed by atoms with van der Waals surface area (Å²) in [6.07, 6.45) is 0.626. The summed E-state index contributed by atoms with van der Waals surface area (Å²) in [6.45, 7) is 4.16. The number of carboxylic acids is 1. The van der Waals surface area contributed by atoms with Crippen molar-refractivity contribution in [2.75, 3.05) is 6.54 Å². The molecule has 0 unspecified atom stereocenters. The van der Waals surface area contributed by atoms with Crippen molar-refractivity contribution >= 4 is 26.9 Å². The number of benzene rings is 2. The fourth-order valence-corrected chi connectivity index (χ4v) is 6.41. The van der Waals surface area contributed by atoms with Gasteiger partial charge in [0, 0.05) is 23.9 Å². The number of piperidine rings is 1. The molecule has 5 rings (SSSR count). The number of carbonyl (C=O) groups is 1. The third-order valence-corrected chi connectivity index (χ3v) is 8.07. The minimum atomic E-state index is -3.66. The second-order valence-electron chi connectivity index (χ2n) is 8.73. The highest BCUT2D eigenvalue weighted by Gasteiger charge is 2.58. The van der Waals surface area contributed by atoms with Crippen molar-refractivity contribution in [1.82, 2.24) is 14.1 Å². The molecular weight excluding hydrogens is 430 g/mol. The first-order valence-corrected chi connectivity index (χ1v) is 12.2. The van der Waals surface area contributed by atoms with Gasteiger partial charge in [0.2, 0.25) is 10.0 Å². The van der Waals surface area contributed by atoms with Crippen molar-refractivity contribution in [1.29, 1.82) is 0 Å². The number of hydrogen-bond donors (Lipinski definition) is 1. The van der Waals surface area contributed by atoms with Gasteiger partial charge in [-0.25, -0.2) is 8.42 Å². The molecule has 0 radical (unpaired) electrons. The Morgan fingerprint density at radius 2 is 1.88 bits per heavy atom. The first kappa shape index (κ1) is 21.0. The molecule has 1 N–H and O–H groups in total. The number of aliphatic carboxylic acids is 1. The first-order chi connectivity index (χ1) is 15.3. The summed E-state index contributed by atoms with van der Waals surface area (Å²) in [5, 5.41) is 14.7. The average molecular weight is 456 g/mol. The Hall–Kier alpha value is -2.91. The van der Waals surface area contributed by atoms with E-state index in [0.717, 1.165) is 17.3 Å². The van der Waals surface area contributed by atoms with Gasteiger partial charge in [0.25, 0.3) is 0 Å². The van der Waals surface area contributed by atoms with Gasteiger partial charge in [-0.1, -0.05) is 18.2 Å². The third-order valence-electron chi connectivity index (χ3n) is 6.16. The van der Waals surface area contributed by atoms with Crippen molar-refractivity contribution < 1.29 is 23.1 Å². The Morgan fingerprint density at radius 3 is 2.56 bits per heavy atom. The monoisotopic (exact) mass is 455 g/mol. The predicted molar refractivity (Wildman–Crippen MR) is 118 cm³/mol. The van der Waals surface area contributed by atoms with E-state index in [9.17, 15) is 18.3 Å². The van der Waals surface area contributed by atoms with Crippen molar-refractivity contribution in [3.05, 3.63) is 54.2 Å². The molecule has 2 fully saturated rings. The van der Waals surface area contributed by atoms with Crippen LogP contribution in [0.15, 0.2) is 53.4 Å². The number of fused-ring (bicyclic) bond motifs is 2. The number of carboxylic acid groups (broad SMARTS) is 1. The molecule has 0 amide bonds. The Kier molecular flexibility index (Phi) is 4.98. The van der Waals surface area contributed by atoms with Crippen LogP contribution in [0.2, 0.25) is 0 Å². The number of sulfonamides is 1. The van der Waals surface area contributed by atoms with Gasteiger partial charge in [0.05, 0.1) is 34.7 Å². The zero-order valence-corrected chi connectivity index (χ0v) is 18.7. The molecule has 1 aromatic heterocycles. The summed E-state index contributed by atoms with van der Waals surface area (Å²) in [5.41, 5.74) is 1.35. The third kappa shape index (κ3) is 3.55. The van der Waals surface area contributed by atoms with Crippen LogP contribution in [0, 0.1) is 5.92 Å². The van der Waals surface area contributed by atoms with E-state index in [4.69, 9.17) is 4.74 Å². The summed E-state index contributed by atoms with van der Waals surface area (Å²) in [6, 6.07) is 13.9. The molecule has 2 aromatic carbocycles. The highest BCUT2D eigenvalue weighted by molar-refractivity contribution is 7.89. The van der Waals surface area contributed by atoms with E-state index in [0.29, 0.717) is 18.0 Å². The number of rotatable bonds is 7. The molecule has 0 spiro atoms. The maximum absolute atomic E-state index is 13.4. The number of nitrogens with zero attached hydrogens (tertiary/aromatic N) is 3. The zero-order chi connectivity index (χ0) is 22.6. The normalized spacial score (nSPS) is 22.9. The van der Waals surface area contributed by atoms with Crippen LogP contribution < -0.4 is 4.74 Å². The van der Waals surface area contributed by atoms with Crippen molar-refractivity contribution in [3.8, 4) is 5.75 Å². The molecular formula is C23H25N3O5S. The Bertz CT molecular complexity index is 1280. The smallest absolute Gasteiger partial charge is 0.309 e. The molecule has 2 aliphatic rings. The molecule has 8 nitrogen and oxygen atoms in total. The molecule has 9 heteroatoms. The average Bonchev–Trinajstić information content (AvgIpc) is 3.31. The van der Waals surface area contributed by atoms with Crippen molar-refractivity contribution in [3.63, 3.8) is 0 Å². The van der Waals surface area contributed by atoms with Crippen molar-refractivity contribution in [2.45, 2.75) is 49.8 Å². The minimum absolute atomic E-state index is 0.0129. The highest BCUT2D eigenvalue weighted by atomic mass is 32.2. The van der Waals surface area contributed by atoms with E-state index in [1.54, 1.807) is 28.6 Å². The minimum Gasteiger partial charge on any atom is -0.491 e. The lowest BCUT2D eigenvalue weighted by atomic mass is 10.1. The molecule has 1 aliphatic carbocycles. The maximum atomic E-state index is 13.4. The van der Waals surface area contributed by atoms with Crippen LogP contribution in [0.25, 0.3) is 10.9 Å². The van der Waals surface area contributed by atoms with Gasteiger partial charge >= 0.3 is 5.97 Å². The second kappa shape index (κ2) is 7.60. The lowest BCUT2D eigenvalue weighted by Gasteiger charge is -2.21. The summed E-state index contributed by atoms with van der Waals surface area (Å²) in [5.74, 6) is -0.129. The van der Waals surface area contributed by atoms with Crippen LogP contribution in [-0.4, -0.2) is 52.3 Å². The van der Waals surface area contributed by atoms with E-state index in [1.807, 2.05) is 42.8 Å². The van der Waals surface area contributed by atoms with Crippen molar-refractivity contribution in [2.24, 2.45) is 5.92 Å². The largest absolute Gasteiger partial charge is 0.491 e. The lowest BCUT2D eigenvalue weighted by molar-refractivity contribution is -0.136. The van der Waals surface area contributed by atoms with Crippen LogP contribution in [-0.2, 0) is 21.2 Å². The Morgan fingerprint density at radius 1 is 1.16 bits per heavy atom. The number of ether oxygens (including phenoxy) is 1. The molecule has 2 heterocycles. The fraction of sp³-hybridized carbons (Fsp3) is 0.391. The van der Waals surface area contributed by atoms with E-state index >= 15 is 0 Å². The molecule has 3 aromatic rings. The van der Waals surface area contributed by atoms with Crippen LogP contribution >= 0.6 is 0 Å². The van der Waals surface area contributed by atoms with Gasteiger partial charge in [0.1, 0.15) is 5.75 Å². The summed E-state index contributed by atoms with van der Waals surface area (Å²) in [7, 11) is -3.66. The number of aromatic nitrogens is 2. The van der Waals surface area contributed by atoms with Crippen LogP contribution in [0.5, 0.6) is 5.75 Å². The number of hydrogen-bond acceptors (Lipinski definition) is 5. The van der Waals surface area contributed by atoms with E-state index in [1.165, 1.54) is 0 Å². The van der Waals surface area contributed by atoms with Gasteiger partial charge in [-0.3, -0.25) is 9.48 Å². The summed E-state index contributed by atoms with van der Waals surface area (Å²) < 4.78 is 35.8. The molecule has 3 atom stereocenters.